The summed E-state index contributed by atoms with van der Waals surface area (Å²) in [6, 6.07) is 30.1. The Balaban J connectivity index is 1.54. The summed E-state index contributed by atoms with van der Waals surface area (Å²) in [5.74, 6) is 0.887. The van der Waals surface area contributed by atoms with Crippen LogP contribution in [0.2, 0.25) is 0 Å². The Morgan fingerprint density at radius 1 is 0.543 bits per heavy atom. The molecule has 0 saturated carbocycles. The molecule has 0 atom stereocenters. The lowest BCUT2D eigenvalue weighted by atomic mass is 9.92. The number of rotatable bonds is 2. The van der Waals surface area contributed by atoms with Gasteiger partial charge < -0.3 is 0 Å². The fourth-order valence-electron chi connectivity index (χ4n) is 5.64. The van der Waals surface area contributed by atoms with Gasteiger partial charge in [0, 0.05) is 41.1 Å². The van der Waals surface area contributed by atoms with Crippen molar-refractivity contribution in [3.63, 3.8) is 0 Å². The van der Waals surface area contributed by atoms with Crippen molar-refractivity contribution in [3.8, 4) is 17.1 Å². The van der Waals surface area contributed by atoms with Gasteiger partial charge in [0.1, 0.15) is 5.82 Å². The first-order valence-electron chi connectivity index (χ1n) is 11.7. The third kappa shape index (κ3) is 2.53. The molecule has 4 heterocycles. The van der Waals surface area contributed by atoms with Crippen LogP contribution in [-0.4, -0.2) is 19.5 Å². The highest BCUT2D eigenvalue weighted by Crippen LogP contribution is 2.42. The summed E-state index contributed by atoms with van der Waals surface area (Å²) in [7, 11) is 0. The number of hydrogen-bond donors (Lipinski definition) is 0. The van der Waals surface area contributed by atoms with Crippen LogP contribution < -0.4 is 0 Å². The van der Waals surface area contributed by atoms with Crippen molar-refractivity contribution in [1.29, 1.82) is 0 Å². The van der Waals surface area contributed by atoms with Crippen molar-refractivity contribution in [2.24, 2.45) is 0 Å². The van der Waals surface area contributed by atoms with Gasteiger partial charge in [-0.25, -0.2) is 4.98 Å². The second kappa shape index (κ2) is 6.84. The van der Waals surface area contributed by atoms with Crippen LogP contribution in [0.25, 0.3) is 71.2 Å². The topological polar surface area (TPSA) is 43.6 Å². The number of benzene rings is 4. The van der Waals surface area contributed by atoms with Crippen LogP contribution in [0.15, 0.2) is 110 Å². The summed E-state index contributed by atoms with van der Waals surface area (Å²) in [6.07, 6.45) is 7.45. The van der Waals surface area contributed by atoms with Crippen LogP contribution in [0.5, 0.6) is 0 Å². The quantitative estimate of drug-likeness (QED) is 0.258. The third-order valence-corrected chi connectivity index (χ3v) is 7.12. The lowest BCUT2D eigenvalue weighted by molar-refractivity contribution is 1.08. The molecule has 0 unspecified atom stereocenters. The Labute approximate surface area is 200 Å². The van der Waals surface area contributed by atoms with E-state index in [1.165, 1.54) is 37.7 Å². The molecule has 0 aliphatic rings. The molecular formula is C31H18N4. The summed E-state index contributed by atoms with van der Waals surface area (Å²) in [4.78, 5) is 13.7. The van der Waals surface area contributed by atoms with E-state index in [4.69, 9.17) is 4.98 Å². The van der Waals surface area contributed by atoms with Crippen molar-refractivity contribution in [2.45, 2.75) is 0 Å². The van der Waals surface area contributed by atoms with Crippen molar-refractivity contribution in [3.05, 3.63) is 110 Å². The van der Waals surface area contributed by atoms with Crippen molar-refractivity contribution in [2.75, 3.05) is 0 Å². The largest absolute Gasteiger partial charge is 0.294 e. The molecule has 0 spiro atoms. The van der Waals surface area contributed by atoms with E-state index >= 15 is 0 Å². The first-order chi connectivity index (χ1) is 17.4. The molecule has 8 rings (SSSR count). The number of hydrogen-bond acceptors (Lipinski definition) is 3. The van der Waals surface area contributed by atoms with Gasteiger partial charge in [-0.1, -0.05) is 48.5 Å². The highest BCUT2D eigenvalue weighted by molar-refractivity contribution is 6.32. The number of pyridine rings is 3. The van der Waals surface area contributed by atoms with E-state index in [2.05, 4.69) is 81.3 Å². The average Bonchev–Trinajstić information content (AvgIpc) is 3.26. The maximum absolute atomic E-state index is 5.08. The second-order valence-corrected chi connectivity index (χ2v) is 8.97. The van der Waals surface area contributed by atoms with Gasteiger partial charge in [-0.3, -0.25) is 14.5 Å². The highest BCUT2D eigenvalue weighted by atomic mass is 15.1. The summed E-state index contributed by atoms with van der Waals surface area (Å²) in [6.45, 7) is 0. The summed E-state index contributed by atoms with van der Waals surface area (Å²) in [5, 5.41) is 10.0. The molecule has 4 nitrogen and oxygen atoms in total. The van der Waals surface area contributed by atoms with Crippen LogP contribution in [-0.2, 0) is 0 Å². The molecule has 4 aromatic heterocycles. The summed E-state index contributed by atoms with van der Waals surface area (Å²) < 4.78 is 2.27. The molecule has 0 fully saturated rings. The van der Waals surface area contributed by atoms with Gasteiger partial charge in [0.25, 0.3) is 0 Å². The van der Waals surface area contributed by atoms with Crippen LogP contribution in [0, 0.1) is 0 Å². The fourth-order valence-corrected chi connectivity index (χ4v) is 5.64. The van der Waals surface area contributed by atoms with E-state index in [1.807, 2.05) is 30.6 Å². The third-order valence-electron chi connectivity index (χ3n) is 7.12. The first-order valence-corrected chi connectivity index (χ1v) is 11.7. The molecular weight excluding hydrogens is 428 g/mol. The summed E-state index contributed by atoms with van der Waals surface area (Å²) >= 11 is 0. The zero-order chi connectivity index (χ0) is 22.9. The molecule has 4 aromatic carbocycles. The SMILES string of the molecule is c1cc(-c2ccncc2)nc(-n2c3ccncc3c3c4ccc5cccc6ccc(cc32)c4c65)c1. The second-order valence-electron chi connectivity index (χ2n) is 8.97. The van der Waals surface area contributed by atoms with Gasteiger partial charge >= 0.3 is 0 Å². The Morgan fingerprint density at radius 2 is 1.31 bits per heavy atom. The van der Waals surface area contributed by atoms with Gasteiger partial charge in [0.15, 0.2) is 0 Å². The highest BCUT2D eigenvalue weighted by Gasteiger charge is 2.19. The van der Waals surface area contributed by atoms with E-state index in [0.717, 1.165) is 33.5 Å². The minimum absolute atomic E-state index is 0.887. The van der Waals surface area contributed by atoms with Gasteiger partial charge in [-0.15, -0.1) is 0 Å². The molecule has 0 N–H and O–H groups in total. The molecule has 0 saturated heterocycles. The van der Waals surface area contributed by atoms with Crippen LogP contribution in [0.1, 0.15) is 0 Å². The standard InChI is InChI=1S/C31H18N4/c1-3-20-7-8-22-17-27-31(23-10-9-21(4-1)29(20)30(22)23)24-18-33-16-13-26(24)35(27)28-6-2-5-25(34-28)19-11-14-32-15-12-19/h1-18H. The average molecular weight is 447 g/mol. The Kier molecular flexibility index (Phi) is 3.63. The van der Waals surface area contributed by atoms with E-state index in [9.17, 15) is 0 Å². The number of fused-ring (bicyclic) bond motifs is 4. The van der Waals surface area contributed by atoms with E-state index in [-0.39, 0.29) is 0 Å². The molecule has 0 aliphatic heterocycles. The minimum Gasteiger partial charge on any atom is -0.294 e. The van der Waals surface area contributed by atoms with Crippen molar-refractivity contribution >= 4 is 54.1 Å². The minimum atomic E-state index is 0.887. The van der Waals surface area contributed by atoms with Gasteiger partial charge in [0.05, 0.1) is 16.7 Å². The molecule has 0 radical (unpaired) electrons. The Morgan fingerprint density at radius 3 is 2.20 bits per heavy atom. The lowest BCUT2D eigenvalue weighted by Crippen LogP contribution is -1.98. The van der Waals surface area contributed by atoms with Crippen LogP contribution >= 0.6 is 0 Å². The van der Waals surface area contributed by atoms with Gasteiger partial charge in [-0.2, -0.15) is 0 Å². The maximum Gasteiger partial charge on any atom is 0.138 e. The van der Waals surface area contributed by atoms with E-state index < -0.39 is 0 Å². The molecule has 0 amide bonds. The zero-order valence-corrected chi connectivity index (χ0v) is 18.7. The molecule has 0 bridgehead atoms. The molecule has 8 aromatic rings. The molecule has 162 valence electrons. The Bertz CT molecular complexity index is 2040. The molecule has 0 aliphatic carbocycles. The van der Waals surface area contributed by atoms with Gasteiger partial charge in [-0.05, 0) is 68.7 Å². The van der Waals surface area contributed by atoms with E-state index in [0.29, 0.717) is 0 Å². The molecule has 35 heavy (non-hydrogen) atoms. The fraction of sp³-hybridized carbons (Fsp3) is 0. The Hall–Kier alpha value is -4.83. The predicted molar refractivity (Wildman–Crippen MR) is 143 cm³/mol. The smallest absolute Gasteiger partial charge is 0.138 e. The summed E-state index contributed by atoms with van der Waals surface area (Å²) in [5.41, 5.74) is 4.21. The molecule has 4 heteroatoms. The number of aromatic nitrogens is 4. The van der Waals surface area contributed by atoms with Crippen molar-refractivity contribution in [1.82, 2.24) is 19.5 Å². The van der Waals surface area contributed by atoms with Crippen LogP contribution in [0.3, 0.4) is 0 Å². The van der Waals surface area contributed by atoms with Gasteiger partial charge in [0.2, 0.25) is 0 Å². The van der Waals surface area contributed by atoms with Crippen LogP contribution in [0.4, 0.5) is 0 Å². The lowest BCUT2D eigenvalue weighted by Gasteiger charge is -2.13. The van der Waals surface area contributed by atoms with E-state index in [1.54, 1.807) is 12.4 Å². The monoisotopic (exact) mass is 446 g/mol. The first kappa shape index (κ1) is 18.6. The normalized spacial score (nSPS) is 12.0. The maximum atomic E-state index is 5.08. The number of nitrogens with zero attached hydrogens (tertiary/aromatic N) is 4. The zero-order valence-electron chi connectivity index (χ0n) is 18.7. The van der Waals surface area contributed by atoms with Crippen molar-refractivity contribution < 1.29 is 0 Å². The predicted octanol–water partition coefficient (Wildman–Crippen LogP) is 7.53.